The summed E-state index contributed by atoms with van der Waals surface area (Å²) in [4.78, 5) is 24.0. The molecule has 1 atom stereocenters. The summed E-state index contributed by atoms with van der Waals surface area (Å²) in [6.45, 7) is 1.26. The molecule has 1 fully saturated rings. The number of hydrazone groups is 1. The van der Waals surface area contributed by atoms with Crippen molar-refractivity contribution < 1.29 is 19.4 Å². The molecule has 1 aliphatic carbocycles. The van der Waals surface area contributed by atoms with Gasteiger partial charge in [0.1, 0.15) is 5.71 Å². The van der Waals surface area contributed by atoms with E-state index < -0.39 is 12.0 Å². The van der Waals surface area contributed by atoms with Crippen molar-refractivity contribution in [3.8, 4) is 0 Å². The van der Waals surface area contributed by atoms with Gasteiger partial charge in [0.15, 0.2) is 6.04 Å². The van der Waals surface area contributed by atoms with Gasteiger partial charge in [0.2, 0.25) is 0 Å². The van der Waals surface area contributed by atoms with E-state index in [1.807, 2.05) is 18.2 Å². The van der Waals surface area contributed by atoms with Crippen molar-refractivity contribution in [3.63, 3.8) is 0 Å². The summed E-state index contributed by atoms with van der Waals surface area (Å²) >= 11 is 0. The number of para-hydroxylation sites is 1. The van der Waals surface area contributed by atoms with E-state index in [4.69, 9.17) is 4.74 Å². The Morgan fingerprint density at radius 1 is 1.36 bits per heavy atom. The zero-order valence-corrected chi connectivity index (χ0v) is 14.3. The highest BCUT2D eigenvalue weighted by Gasteiger charge is 2.43. The Balaban J connectivity index is 1.65. The monoisotopic (exact) mass is 345 g/mol. The van der Waals surface area contributed by atoms with Crippen LogP contribution in [0.1, 0.15) is 25.7 Å². The molecule has 1 saturated carbocycles. The standard InChI is InChI=1S/C18H23N3O4/c1-25-10-9-18(7-8-18)12-19-16(22)14-11-15(17(23)24)21(20-14)13-5-3-2-4-6-13/h2-6,15H,7-12H2,1H3,(H,19,22)(H,23,24). The quantitative estimate of drug-likeness (QED) is 0.747. The van der Waals surface area contributed by atoms with Crippen LogP contribution in [0.3, 0.4) is 0 Å². The summed E-state index contributed by atoms with van der Waals surface area (Å²) in [5.41, 5.74) is 1.06. The van der Waals surface area contributed by atoms with Crippen LogP contribution in [0.2, 0.25) is 0 Å². The molecule has 1 unspecified atom stereocenters. The first-order chi connectivity index (χ1) is 12.0. The van der Waals surface area contributed by atoms with Gasteiger partial charge in [-0.05, 0) is 36.8 Å². The van der Waals surface area contributed by atoms with E-state index in [2.05, 4.69) is 10.4 Å². The number of rotatable bonds is 8. The molecule has 3 rings (SSSR count). The van der Waals surface area contributed by atoms with Crippen LogP contribution in [-0.2, 0) is 14.3 Å². The van der Waals surface area contributed by atoms with Crippen LogP contribution in [0.15, 0.2) is 35.4 Å². The second kappa shape index (κ2) is 7.23. The van der Waals surface area contributed by atoms with Gasteiger partial charge in [0.25, 0.3) is 5.91 Å². The highest BCUT2D eigenvalue weighted by Crippen LogP contribution is 2.48. The molecule has 7 nitrogen and oxygen atoms in total. The zero-order chi connectivity index (χ0) is 17.9. The van der Waals surface area contributed by atoms with Gasteiger partial charge < -0.3 is 15.2 Å². The maximum Gasteiger partial charge on any atom is 0.328 e. The highest BCUT2D eigenvalue weighted by atomic mass is 16.5. The van der Waals surface area contributed by atoms with E-state index in [9.17, 15) is 14.7 Å². The number of nitrogens with one attached hydrogen (secondary N) is 1. The first-order valence-corrected chi connectivity index (χ1v) is 8.46. The van der Waals surface area contributed by atoms with E-state index in [-0.39, 0.29) is 23.5 Å². The minimum absolute atomic E-state index is 0.0983. The van der Waals surface area contributed by atoms with E-state index in [1.165, 1.54) is 5.01 Å². The van der Waals surface area contributed by atoms with Gasteiger partial charge in [-0.2, -0.15) is 5.10 Å². The Bertz CT molecular complexity index is 670. The Kier molecular flexibility index (Phi) is 5.03. The van der Waals surface area contributed by atoms with Crippen LogP contribution in [-0.4, -0.2) is 49.0 Å². The maximum absolute atomic E-state index is 12.4. The van der Waals surface area contributed by atoms with Crippen molar-refractivity contribution in [3.05, 3.63) is 30.3 Å². The molecule has 0 saturated heterocycles. The average Bonchev–Trinajstić information content (AvgIpc) is 3.25. The van der Waals surface area contributed by atoms with Crippen molar-refractivity contribution in [2.75, 3.05) is 25.3 Å². The molecule has 25 heavy (non-hydrogen) atoms. The van der Waals surface area contributed by atoms with E-state index in [1.54, 1.807) is 19.2 Å². The van der Waals surface area contributed by atoms with E-state index in [0.29, 0.717) is 18.8 Å². The topological polar surface area (TPSA) is 91.2 Å². The molecule has 134 valence electrons. The van der Waals surface area contributed by atoms with Crippen molar-refractivity contribution in [2.24, 2.45) is 10.5 Å². The van der Waals surface area contributed by atoms with E-state index >= 15 is 0 Å². The van der Waals surface area contributed by atoms with Crippen LogP contribution in [0.4, 0.5) is 5.69 Å². The Hall–Kier alpha value is -2.41. The lowest BCUT2D eigenvalue weighted by molar-refractivity contribution is -0.138. The number of ether oxygens (including phenoxy) is 1. The minimum atomic E-state index is -0.992. The SMILES string of the molecule is COCCC1(CNC(=O)C2=NN(c3ccccc3)C(C(=O)O)C2)CC1. The fraction of sp³-hybridized carbons (Fsp3) is 0.500. The summed E-state index contributed by atoms with van der Waals surface area (Å²) in [6.07, 6.45) is 3.18. The number of aliphatic carboxylic acids is 1. The van der Waals surface area contributed by atoms with Gasteiger partial charge in [0, 0.05) is 26.7 Å². The van der Waals surface area contributed by atoms with Gasteiger partial charge in [0.05, 0.1) is 5.69 Å². The first kappa shape index (κ1) is 17.4. The summed E-state index contributed by atoms with van der Waals surface area (Å²) in [6, 6.07) is 8.19. The van der Waals surface area contributed by atoms with Crippen molar-refractivity contribution in [1.82, 2.24) is 5.32 Å². The molecular formula is C18H23N3O4. The second-order valence-electron chi connectivity index (χ2n) is 6.71. The molecule has 2 aliphatic rings. The molecular weight excluding hydrogens is 322 g/mol. The predicted octanol–water partition coefficient (Wildman–Crippen LogP) is 1.64. The number of anilines is 1. The molecule has 1 aromatic carbocycles. The largest absolute Gasteiger partial charge is 0.480 e. The lowest BCUT2D eigenvalue weighted by Gasteiger charge is -2.19. The number of hydrogen-bond acceptors (Lipinski definition) is 5. The maximum atomic E-state index is 12.4. The number of carbonyl (C=O) groups excluding carboxylic acids is 1. The lowest BCUT2D eigenvalue weighted by atomic mass is 10.0. The number of carboxylic acids is 1. The Morgan fingerprint density at radius 3 is 2.68 bits per heavy atom. The summed E-state index contributed by atoms with van der Waals surface area (Å²) in [7, 11) is 1.67. The lowest BCUT2D eigenvalue weighted by Crippen LogP contribution is -2.37. The summed E-state index contributed by atoms with van der Waals surface area (Å²) in [5.74, 6) is -1.28. The molecule has 0 bridgehead atoms. The van der Waals surface area contributed by atoms with Crippen molar-refractivity contribution in [2.45, 2.75) is 31.7 Å². The average molecular weight is 345 g/mol. The van der Waals surface area contributed by atoms with Crippen molar-refractivity contribution in [1.29, 1.82) is 0 Å². The molecule has 1 aromatic rings. The van der Waals surface area contributed by atoms with Crippen LogP contribution >= 0.6 is 0 Å². The van der Waals surface area contributed by atoms with Crippen molar-refractivity contribution >= 4 is 23.3 Å². The van der Waals surface area contributed by atoms with Gasteiger partial charge >= 0.3 is 5.97 Å². The second-order valence-corrected chi connectivity index (χ2v) is 6.71. The third-order valence-corrected chi connectivity index (χ3v) is 4.90. The Labute approximate surface area is 146 Å². The van der Waals surface area contributed by atoms with Crippen LogP contribution in [0.25, 0.3) is 0 Å². The molecule has 1 aliphatic heterocycles. The van der Waals surface area contributed by atoms with Gasteiger partial charge in [-0.25, -0.2) is 4.79 Å². The minimum Gasteiger partial charge on any atom is -0.480 e. The number of nitrogens with zero attached hydrogens (tertiary/aromatic N) is 2. The number of amides is 1. The third-order valence-electron chi connectivity index (χ3n) is 4.90. The van der Waals surface area contributed by atoms with Gasteiger partial charge in [-0.1, -0.05) is 18.2 Å². The highest BCUT2D eigenvalue weighted by molar-refractivity contribution is 6.40. The molecule has 0 radical (unpaired) electrons. The fourth-order valence-corrected chi connectivity index (χ4v) is 3.04. The van der Waals surface area contributed by atoms with Gasteiger partial charge in [-0.3, -0.25) is 9.80 Å². The van der Waals surface area contributed by atoms with E-state index in [0.717, 1.165) is 19.3 Å². The number of carboxylic acid groups (broad SMARTS) is 1. The van der Waals surface area contributed by atoms with Crippen LogP contribution < -0.4 is 10.3 Å². The Morgan fingerprint density at radius 2 is 2.08 bits per heavy atom. The van der Waals surface area contributed by atoms with Crippen LogP contribution in [0, 0.1) is 5.41 Å². The molecule has 0 spiro atoms. The normalized spacial score (nSPS) is 20.9. The molecule has 7 heteroatoms. The predicted molar refractivity (Wildman–Crippen MR) is 93.6 cm³/mol. The van der Waals surface area contributed by atoms with Crippen LogP contribution in [0.5, 0.6) is 0 Å². The summed E-state index contributed by atoms with van der Waals surface area (Å²) < 4.78 is 5.12. The number of benzene rings is 1. The third kappa shape index (κ3) is 3.99. The number of carbonyl (C=O) groups is 2. The number of hydrogen-bond donors (Lipinski definition) is 2. The zero-order valence-electron chi connectivity index (χ0n) is 14.3. The smallest absolute Gasteiger partial charge is 0.328 e. The fourth-order valence-electron chi connectivity index (χ4n) is 3.04. The van der Waals surface area contributed by atoms with Gasteiger partial charge in [-0.15, -0.1) is 0 Å². The molecule has 0 aromatic heterocycles. The molecule has 1 amide bonds. The first-order valence-electron chi connectivity index (χ1n) is 8.46. The molecule has 1 heterocycles. The molecule has 2 N–H and O–H groups in total. The summed E-state index contributed by atoms with van der Waals surface area (Å²) in [5, 5.41) is 18.1. The number of methoxy groups -OCH3 is 1.